The van der Waals surface area contributed by atoms with Crippen molar-refractivity contribution >= 4 is 38.4 Å². The first-order chi connectivity index (χ1) is 8.87. The molecule has 0 aliphatic heterocycles. The van der Waals surface area contributed by atoms with E-state index in [1.807, 2.05) is 57.2 Å². The van der Waals surface area contributed by atoms with Crippen LogP contribution in [0.3, 0.4) is 0 Å². The molecular weight excluding hydrogens is 304 g/mol. The van der Waals surface area contributed by atoms with E-state index in [0.29, 0.717) is 0 Å². The van der Waals surface area contributed by atoms with Crippen LogP contribution >= 0.6 is 15.9 Å². The molecule has 4 heteroatoms. The van der Waals surface area contributed by atoms with Gasteiger partial charge in [-0.2, -0.15) is 0 Å². The number of benzene rings is 2. The Balaban J connectivity index is 2.31. The molecule has 0 saturated heterocycles. The zero-order valence-electron chi connectivity index (χ0n) is 11.3. The average molecular weight is 321 g/mol. The summed E-state index contributed by atoms with van der Waals surface area (Å²) in [5.41, 5.74) is 0.551. The highest BCUT2D eigenvalue weighted by molar-refractivity contribution is 9.10. The lowest BCUT2D eigenvalue weighted by atomic mass is 10.1. The summed E-state index contributed by atoms with van der Waals surface area (Å²) < 4.78 is 1.02. The van der Waals surface area contributed by atoms with Gasteiger partial charge in [0.1, 0.15) is 0 Å². The van der Waals surface area contributed by atoms with Crippen LogP contribution in [0.25, 0.3) is 10.8 Å². The number of carbonyl (C=O) groups excluding carboxylic acids is 1. The van der Waals surface area contributed by atoms with Crippen molar-refractivity contribution in [3.63, 3.8) is 0 Å². The van der Waals surface area contributed by atoms with Gasteiger partial charge >= 0.3 is 6.03 Å². The Morgan fingerprint density at radius 3 is 2.32 bits per heavy atom. The van der Waals surface area contributed by atoms with Crippen LogP contribution in [0.5, 0.6) is 0 Å². The van der Waals surface area contributed by atoms with E-state index in [1.165, 1.54) is 0 Å². The molecule has 0 aliphatic rings. The van der Waals surface area contributed by atoms with E-state index in [4.69, 9.17) is 0 Å². The van der Waals surface area contributed by atoms with Crippen LogP contribution in [0.4, 0.5) is 10.5 Å². The molecular formula is C15H17BrN2O. The summed E-state index contributed by atoms with van der Waals surface area (Å²) in [4.78, 5) is 11.9. The van der Waals surface area contributed by atoms with Gasteiger partial charge in [-0.3, -0.25) is 0 Å². The molecule has 0 spiro atoms. The molecule has 0 saturated carbocycles. The van der Waals surface area contributed by atoms with Crippen LogP contribution in [0, 0.1) is 0 Å². The molecule has 19 heavy (non-hydrogen) atoms. The van der Waals surface area contributed by atoms with E-state index >= 15 is 0 Å². The number of amides is 2. The molecule has 3 nitrogen and oxygen atoms in total. The van der Waals surface area contributed by atoms with Gasteiger partial charge in [-0.05, 0) is 38.3 Å². The molecule has 0 aliphatic carbocycles. The van der Waals surface area contributed by atoms with Gasteiger partial charge in [-0.15, -0.1) is 0 Å². The Hall–Kier alpha value is -1.55. The maximum atomic E-state index is 11.9. The molecule has 100 valence electrons. The van der Waals surface area contributed by atoms with Crippen LogP contribution in [0.1, 0.15) is 20.8 Å². The van der Waals surface area contributed by atoms with Crippen molar-refractivity contribution in [3.8, 4) is 0 Å². The molecule has 2 amide bonds. The number of hydrogen-bond donors (Lipinski definition) is 2. The summed E-state index contributed by atoms with van der Waals surface area (Å²) in [6.07, 6.45) is 0. The fraction of sp³-hybridized carbons (Fsp3) is 0.267. The summed E-state index contributed by atoms with van der Waals surface area (Å²) in [7, 11) is 0. The number of rotatable bonds is 1. The van der Waals surface area contributed by atoms with E-state index in [-0.39, 0.29) is 11.6 Å². The van der Waals surface area contributed by atoms with E-state index < -0.39 is 0 Å². The van der Waals surface area contributed by atoms with Gasteiger partial charge in [0, 0.05) is 15.4 Å². The topological polar surface area (TPSA) is 41.1 Å². The highest BCUT2D eigenvalue weighted by Gasteiger charge is 2.14. The Labute approximate surface area is 121 Å². The molecule has 2 aromatic rings. The monoisotopic (exact) mass is 320 g/mol. The summed E-state index contributed by atoms with van der Waals surface area (Å²) in [6.45, 7) is 5.85. The second kappa shape index (κ2) is 5.21. The molecule has 0 heterocycles. The summed E-state index contributed by atoms with van der Waals surface area (Å²) >= 11 is 3.52. The van der Waals surface area contributed by atoms with E-state index in [2.05, 4.69) is 26.6 Å². The van der Waals surface area contributed by atoms with E-state index in [0.717, 1.165) is 20.9 Å². The molecule has 2 aromatic carbocycles. The first-order valence-corrected chi connectivity index (χ1v) is 6.92. The first kappa shape index (κ1) is 13.9. The third kappa shape index (κ3) is 3.47. The summed E-state index contributed by atoms with van der Waals surface area (Å²) in [6, 6.07) is 11.6. The predicted molar refractivity (Wildman–Crippen MR) is 83.6 cm³/mol. The zero-order valence-corrected chi connectivity index (χ0v) is 12.8. The molecule has 0 bridgehead atoms. The number of urea groups is 1. The van der Waals surface area contributed by atoms with Crippen LogP contribution in [-0.2, 0) is 0 Å². The molecule has 2 N–H and O–H groups in total. The lowest BCUT2D eigenvalue weighted by molar-refractivity contribution is 0.244. The predicted octanol–water partition coefficient (Wildman–Crippen LogP) is 4.52. The van der Waals surface area contributed by atoms with Gasteiger partial charge in [0.05, 0.1) is 5.69 Å². The van der Waals surface area contributed by atoms with Gasteiger partial charge in [-0.1, -0.05) is 40.2 Å². The van der Waals surface area contributed by atoms with Crippen molar-refractivity contribution in [1.29, 1.82) is 0 Å². The number of carbonyl (C=O) groups is 1. The number of anilines is 1. The quantitative estimate of drug-likeness (QED) is 0.796. The van der Waals surface area contributed by atoms with Gasteiger partial charge in [0.25, 0.3) is 0 Å². The summed E-state index contributed by atoms with van der Waals surface area (Å²) in [5.74, 6) is 0. The molecule has 0 fully saturated rings. The molecule has 0 atom stereocenters. The number of hydrogen-bond acceptors (Lipinski definition) is 1. The smallest absolute Gasteiger partial charge is 0.319 e. The van der Waals surface area contributed by atoms with Crippen molar-refractivity contribution in [2.75, 3.05) is 5.32 Å². The van der Waals surface area contributed by atoms with Crippen LogP contribution < -0.4 is 10.6 Å². The molecule has 2 rings (SSSR count). The van der Waals surface area contributed by atoms with Crippen molar-refractivity contribution in [3.05, 3.63) is 40.9 Å². The largest absolute Gasteiger partial charge is 0.333 e. The van der Waals surface area contributed by atoms with Crippen molar-refractivity contribution in [2.45, 2.75) is 26.3 Å². The van der Waals surface area contributed by atoms with E-state index in [1.54, 1.807) is 0 Å². The minimum absolute atomic E-state index is 0.194. The maximum absolute atomic E-state index is 11.9. The van der Waals surface area contributed by atoms with Crippen LogP contribution in [0.15, 0.2) is 40.9 Å². The Kier molecular flexibility index (Phi) is 3.80. The SMILES string of the molecule is CC(C)(C)NC(=O)Nc1ccc(Br)c2ccccc12. The van der Waals surface area contributed by atoms with Gasteiger partial charge in [0.15, 0.2) is 0 Å². The minimum atomic E-state index is -0.255. The second-order valence-corrected chi connectivity index (χ2v) is 6.32. The van der Waals surface area contributed by atoms with Crippen molar-refractivity contribution in [1.82, 2.24) is 5.32 Å². The van der Waals surface area contributed by atoms with Crippen LogP contribution in [-0.4, -0.2) is 11.6 Å². The van der Waals surface area contributed by atoms with Gasteiger partial charge in [0.2, 0.25) is 0 Å². The first-order valence-electron chi connectivity index (χ1n) is 6.13. The summed E-state index contributed by atoms with van der Waals surface area (Å²) in [5, 5.41) is 7.88. The lowest BCUT2D eigenvalue weighted by Gasteiger charge is -2.21. The number of halogens is 1. The van der Waals surface area contributed by atoms with Gasteiger partial charge in [-0.25, -0.2) is 4.79 Å². The third-order valence-corrected chi connectivity index (χ3v) is 3.30. The molecule has 0 unspecified atom stereocenters. The van der Waals surface area contributed by atoms with Gasteiger partial charge < -0.3 is 10.6 Å². The zero-order chi connectivity index (χ0) is 14.0. The fourth-order valence-electron chi connectivity index (χ4n) is 1.87. The number of nitrogens with one attached hydrogen (secondary N) is 2. The minimum Gasteiger partial charge on any atom is -0.333 e. The maximum Gasteiger partial charge on any atom is 0.319 e. The van der Waals surface area contributed by atoms with Crippen molar-refractivity contribution in [2.24, 2.45) is 0 Å². The highest BCUT2D eigenvalue weighted by Crippen LogP contribution is 2.29. The lowest BCUT2D eigenvalue weighted by Crippen LogP contribution is -2.43. The Morgan fingerprint density at radius 1 is 1.05 bits per heavy atom. The molecule has 0 radical (unpaired) electrons. The average Bonchev–Trinajstić information content (AvgIpc) is 2.31. The highest BCUT2D eigenvalue weighted by atomic mass is 79.9. The number of fused-ring (bicyclic) bond motifs is 1. The normalized spacial score (nSPS) is 11.4. The Bertz CT molecular complexity index is 617. The second-order valence-electron chi connectivity index (χ2n) is 5.47. The Morgan fingerprint density at radius 2 is 1.68 bits per heavy atom. The standard InChI is InChI=1S/C15H17BrN2O/c1-15(2,3)18-14(19)17-13-9-8-12(16)10-6-4-5-7-11(10)13/h4-9H,1-3H3,(H2,17,18,19). The van der Waals surface area contributed by atoms with E-state index in [9.17, 15) is 4.79 Å². The fourth-order valence-corrected chi connectivity index (χ4v) is 2.34. The van der Waals surface area contributed by atoms with Crippen molar-refractivity contribution < 1.29 is 4.79 Å². The van der Waals surface area contributed by atoms with Crippen LogP contribution in [0.2, 0.25) is 0 Å². The third-order valence-electron chi connectivity index (χ3n) is 2.61. The molecule has 0 aromatic heterocycles.